The van der Waals surface area contributed by atoms with Crippen molar-refractivity contribution in [3.05, 3.63) is 0 Å². The number of hydrogen-bond donors (Lipinski definition) is 2. The SMILES string of the molecule is N=[N+]=N.[H-].[H-].[K+].[Na+]. The molecule has 0 saturated heterocycles. The molecule has 0 aromatic carbocycles. The molecule has 0 amide bonds. The second-order valence-electron chi connectivity index (χ2n) is 0.112. The van der Waals surface area contributed by atoms with Gasteiger partial charge >= 0.3 is 80.9 Å². The number of rotatable bonds is 0. The van der Waals surface area contributed by atoms with Crippen LogP contribution in [0.2, 0.25) is 0 Å². The molecule has 0 fully saturated rings. The van der Waals surface area contributed by atoms with E-state index in [1.54, 1.807) is 0 Å². The van der Waals surface area contributed by atoms with Gasteiger partial charge in [0, 0.05) is 0 Å². The molecule has 0 aliphatic heterocycles. The Morgan fingerprint density at radius 1 is 1.40 bits per heavy atom. The average molecular weight is 108 g/mol. The van der Waals surface area contributed by atoms with E-state index in [0.29, 0.717) is 0 Å². The molecule has 0 atom stereocenters. The number of nitrogens with zero attached hydrogens (tertiary/aromatic N) is 1. The van der Waals surface area contributed by atoms with Crippen LogP contribution in [0.3, 0.4) is 0 Å². The van der Waals surface area contributed by atoms with Crippen LogP contribution in [0.1, 0.15) is 2.85 Å². The Morgan fingerprint density at radius 2 is 1.40 bits per heavy atom. The van der Waals surface area contributed by atoms with Gasteiger partial charge in [-0.2, -0.15) is 0 Å². The minimum atomic E-state index is 0. The first-order valence-corrected chi connectivity index (χ1v) is 0.447. The Hall–Kier alpha value is 1.95. The third-order valence-corrected chi connectivity index (χ3v) is 0. The minimum Gasteiger partial charge on any atom is -1.00 e. The molecule has 0 radical (unpaired) electrons. The molecule has 3 nitrogen and oxygen atoms in total. The van der Waals surface area contributed by atoms with Gasteiger partial charge < -0.3 is 2.85 Å². The third kappa shape index (κ3) is 24.4. The molecule has 0 rings (SSSR count). The van der Waals surface area contributed by atoms with Crippen molar-refractivity contribution in [2.24, 2.45) is 0 Å². The van der Waals surface area contributed by atoms with E-state index in [-0.39, 0.29) is 83.8 Å². The quantitative estimate of drug-likeness (QED) is 0.176. The maximum atomic E-state index is 5.50. The molecule has 20 valence electrons. The van der Waals surface area contributed by atoms with Crippen molar-refractivity contribution in [1.29, 1.82) is 11.1 Å². The average Bonchev–Trinajstić information content (AvgIpc) is 0.918. The molecular formula is H4KN3Na+. The maximum absolute atomic E-state index is 5.50. The normalized spacial score (nSPS) is 1.60. The van der Waals surface area contributed by atoms with E-state index in [1.807, 2.05) is 4.91 Å². The fourth-order valence-corrected chi connectivity index (χ4v) is 0. The van der Waals surface area contributed by atoms with Gasteiger partial charge in [-0.05, 0) is 0 Å². The molecule has 0 aromatic rings. The van der Waals surface area contributed by atoms with Gasteiger partial charge in [0.15, 0.2) is 0 Å². The van der Waals surface area contributed by atoms with Crippen LogP contribution in [-0.4, -0.2) is 0 Å². The molecule has 0 heterocycles. The predicted molar refractivity (Wildman–Crippen MR) is 9.80 cm³/mol. The summed E-state index contributed by atoms with van der Waals surface area (Å²) in [4.78, 5) is 2.00. The Kier molecular flexibility index (Phi) is 52.9. The van der Waals surface area contributed by atoms with Crippen molar-refractivity contribution in [2.75, 3.05) is 0 Å². The minimum absolute atomic E-state index is 0. The second kappa shape index (κ2) is 16.8. The summed E-state index contributed by atoms with van der Waals surface area (Å²) >= 11 is 0. The standard InChI is InChI=1S/K.H2N3.Na.2H/c;1-3-2;;;/h;1-2H;;;/q3*+1;2*-1. The summed E-state index contributed by atoms with van der Waals surface area (Å²) in [5.74, 6) is 0. The van der Waals surface area contributed by atoms with Crippen LogP contribution in [0.5, 0.6) is 0 Å². The summed E-state index contributed by atoms with van der Waals surface area (Å²) in [6.07, 6.45) is 0. The van der Waals surface area contributed by atoms with Gasteiger partial charge in [-0.25, -0.2) is 0 Å². The van der Waals surface area contributed by atoms with Gasteiger partial charge in [0.05, 0.1) is 0 Å². The van der Waals surface area contributed by atoms with E-state index in [4.69, 9.17) is 11.1 Å². The molecular weight excluding hydrogens is 104 g/mol. The van der Waals surface area contributed by atoms with E-state index in [0.717, 1.165) is 0 Å². The molecule has 2 N–H and O–H groups in total. The van der Waals surface area contributed by atoms with Crippen LogP contribution in [-0.2, 0) is 0 Å². The van der Waals surface area contributed by atoms with Crippen LogP contribution in [0.25, 0.3) is 0 Å². The van der Waals surface area contributed by atoms with Gasteiger partial charge in [0.25, 0.3) is 0 Å². The van der Waals surface area contributed by atoms with E-state index in [9.17, 15) is 0 Å². The van der Waals surface area contributed by atoms with Crippen LogP contribution in [0.15, 0.2) is 0 Å². The Labute approximate surface area is 97.6 Å². The summed E-state index contributed by atoms with van der Waals surface area (Å²) in [5, 5.41) is 0. The van der Waals surface area contributed by atoms with Crippen molar-refractivity contribution in [3.8, 4) is 0 Å². The molecule has 0 spiro atoms. The summed E-state index contributed by atoms with van der Waals surface area (Å²) in [6.45, 7) is 0. The zero-order valence-corrected chi connectivity index (χ0v) is 8.57. The Morgan fingerprint density at radius 3 is 1.40 bits per heavy atom. The fraction of sp³-hybridized carbons (Fsp3) is 0. The van der Waals surface area contributed by atoms with Crippen LogP contribution in [0, 0.1) is 11.1 Å². The van der Waals surface area contributed by atoms with Crippen molar-refractivity contribution >= 4 is 0 Å². The van der Waals surface area contributed by atoms with Crippen molar-refractivity contribution in [2.45, 2.75) is 0 Å². The molecule has 0 aliphatic rings. The summed E-state index contributed by atoms with van der Waals surface area (Å²) in [6, 6.07) is 0. The van der Waals surface area contributed by atoms with Crippen molar-refractivity contribution in [1.82, 2.24) is 4.91 Å². The fourth-order valence-electron chi connectivity index (χ4n) is 0. The molecule has 5 heteroatoms. The van der Waals surface area contributed by atoms with Gasteiger partial charge in [-0.15, -0.1) is 0 Å². The third-order valence-electron chi connectivity index (χ3n) is 0. The molecule has 0 unspecified atom stereocenters. The van der Waals surface area contributed by atoms with Gasteiger partial charge in [-0.3, -0.25) is 0 Å². The van der Waals surface area contributed by atoms with Crippen molar-refractivity contribution < 1.29 is 83.8 Å². The van der Waals surface area contributed by atoms with E-state index in [1.165, 1.54) is 0 Å². The summed E-state index contributed by atoms with van der Waals surface area (Å²) in [5.41, 5.74) is 11.0. The van der Waals surface area contributed by atoms with Crippen LogP contribution >= 0.6 is 0 Å². The van der Waals surface area contributed by atoms with E-state index >= 15 is 0 Å². The molecule has 0 aromatic heterocycles. The summed E-state index contributed by atoms with van der Waals surface area (Å²) in [7, 11) is 0. The molecule has 0 bridgehead atoms. The number of nitrogens with one attached hydrogen (secondary N) is 2. The first kappa shape index (κ1) is 15.8. The van der Waals surface area contributed by atoms with Crippen LogP contribution in [0.4, 0.5) is 0 Å². The zero-order chi connectivity index (χ0) is 2.71. The smallest absolute Gasteiger partial charge is 1.00 e. The van der Waals surface area contributed by atoms with Gasteiger partial charge in [0.2, 0.25) is 4.91 Å². The molecule has 0 saturated carbocycles. The molecule has 5 heavy (non-hydrogen) atoms. The first-order chi connectivity index (χ1) is 1.41. The number of hydrogen-bond acceptors (Lipinski definition) is 2. The van der Waals surface area contributed by atoms with Crippen LogP contribution < -0.4 is 85.9 Å². The zero-order valence-electron chi connectivity index (χ0n) is 5.45. The summed E-state index contributed by atoms with van der Waals surface area (Å²) < 4.78 is 0. The van der Waals surface area contributed by atoms with Gasteiger partial charge in [0.1, 0.15) is 11.1 Å². The first-order valence-electron chi connectivity index (χ1n) is 0.447. The second-order valence-corrected chi connectivity index (χ2v) is 0.112. The topological polar surface area (TPSA) is 61.8 Å². The van der Waals surface area contributed by atoms with E-state index in [2.05, 4.69) is 0 Å². The predicted octanol–water partition coefficient (Wildman–Crippen LogP) is -5.65. The Balaban J connectivity index is -0.00000000333. The monoisotopic (exact) mass is 108 g/mol. The Bertz CT molecular complexity index is 33.9. The van der Waals surface area contributed by atoms with Gasteiger partial charge in [-0.1, -0.05) is 0 Å². The van der Waals surface area contributed by atoms with E-state index < -0.39 is 0 Å². The maximum Gasteiger partial charge on any atom is 1.00 e. The molecule has 0 aliphatic carbocycles. The largest absolute Gasteiger partial charge is 1.00 e. The van der Waals surface area contributed by atoms with Crippen molar-refractivity contribution in [3.63, 3.8) is 0 Å².